The van der Waals surface area contributed by atoms with Crippen LogP contribution < -0.4 is 16.4 Å². The minimum Gasteiger partial charge on any atom is -0.399 e. The fraction of sp³-hybridized carbons (Fsp3) is 0.235. The Bertz CT molecular complexity index is 877. The van der Waals surface area contributed by atoms with E-state index >= 15 is 0 Å². The van der Waals surface area contributed by atoms with Crippen LogP contribution in [0.15, 0.2) is 29.4 Å². The van der Waals surface area contributed by atoms with Crippen molar-refractivity contribution in [1.82, 2.24) is 0 Å². The van der Waals surface area contributed by atoms with Crippen molar-refractivity contribution in [3.05, 3.63) is 45.3 Å². The third kappa shape index (κ3) is 3.97. The molecule has 0 unspecified atom stereocenters. The first-order valence-corrected chi connectivity index (χ1v) is 9.04. The Hall–Kier alpha value is -2.58. The van der Waals surface area contributed by atoms with Crippen LogP contribution in [0.2, 0.25) is 5.02 Å². The molecule has 0 spiro atoms. The number of nitrogens with two attached hydrogens (primary N) is 1. The van der Waals surface area contributed by atoms with E-state index in [1.54, 1.807) is 24.3 Å². The molecule has 7 nitrogen and oxygen atoms in total. The second-order valence-corrected chi connectivity index (χ2v) is 7.22. The van der Waals surface area contributed by atoms with Crippen molar-refractivity contribution in [3.8, 4) is 0 Å². The molecule has 1 aliphatic carbocycles. The van der Waals surface area contributed by atoms with Crippen LogP contribution in [0.3, 0.4) is 0 Å². The number of hydrogen-bond donors (Lipinski definition) is 3. The third-order valence-electron chi connectivity index (χ3n) is 3.91. The van der Waals surface area contributed by atoms with Gasteiger partial charge in [-0.15, -0.1) is 11.3 Å². The molecule has 1 aliphatic rings. The molecule has 136 valence electrons. The highest BCUT2D eigenvalue weighted by Crippen LogP contribution is 2.37. The van der Waals surface area contributed by atoms with Gasteiger partial charge in [0.25, 0.3) is 5.91 Å². The van der Waals surface area contributed by atoms with Crippen molar-refractivity contribution in [1.29, 1.82) is 0 Å². The molecule has 0 saturated heterocycles. The lowest BCUT2D eigenvalue weighted by atomic mass is 9.94. The number of halogens is 1. The van der Waals surface area contributed by atoms with Crippen LogP contribution in [0.25, 0.3) is 0 Å². The van der Waals surface area contributed by atoms with E-state index in [9.17, 15) is 9.59 Å². The Morgan fingerprint density at radius 3 is 2.62 bits per heavy atom. The zero-order valence-corrected chi connectivity index (χ0v) is 15.5. The van der Waals surface area contributed by atoms with Crippen LogP contribution in [0.4, 0.5) is 15.5 Å². The lowest BCUT2D eigenvalue weighted by Gasteiger charge is -2.13. The monoisotopic (exact) mass is 392 g/mol. The van der Waals surface area contributed by atoms with Gasteiger partial charge in [0.05, 0.1) is 11.3 Å². The molecule has 0 saturated carbocycles. The molecule has 1 aromatic heterocycles. The molecule has 4 N–H and O–H groups in total. The first kappa shape index (κ1) is 18.2. The maximum Gasteiger partial charge on any atom is 0.324 e. The fourth-order valence-corrected chi connectivity index (χ4v) is 4.22. The fourth-order valence-electron chi connectivity index (χ4n) is 2.82. The van der Waals surface area contributed by atoms with Gasteiger partial charge in [-0.25, -0.2) is 4.79 Å². The van der Waals surface area contributed by atoms with Crippen molar-refractivity contribution in [2.24, 2.45) is 10.9 Å². The Morgan fingerprint density at radius 2 is 1.96 bits per heavy atom. The van der Waals surface area contributed by atoms with E-state index in [-0.39, 0.29) is 0 Å². The number of rotatable bonds is 4. The third-order valence-corrected chi connectivity index (χ3v) is 5.31. The van der Waals surface area contributed by atoms with Gasteiger partial charge in [-0.05, 0) is 42.7 Å². The molecule has 2 aromatic rings. The number of anilines is 2. The van der Waals surface area contributed by atoms with E-state index in [0.717, 1.165) is 16.2 Å². The standard InChI is InChI=1S/C17H17ClN4O3S/c1-25-22-11-6-7-12-13(8-11)26-16(14(12)15(19)23)21-17(24)20-10-4-2-9(18)3-5-10/h2-5H,6-8H2,1H3,(H2,19,23)(H2,20,21,24)/b22-11+. The predicted molar refractivity (Wildman–Crippen MR) is 103 cm³/mol. The summed E-state index contributed by atoms with van der Waals surface area (Å²) in [6.07, 6.45) is 1.90. The van der Waals surface area contributed by atoms with E-state index < -0.39 is 11.9 Å². The Balaban J connectivity index is 1.81. The first-order valence-electron chi connectivity index (χ1n) is 7.84. The van der Waals surface area contributed by atoms with Crippen LogP contribution in [0.1, 0.15) is 27.2 Å². The van der Waals surface area contributed by atoms with E-state index in [1.165, 1.54) is 18.4 Å². The second-order valence-electron chi connectivity index (χ2n) is 5.68. The number of carbonyl (C=O) groups is 2. The van der Waals surface area contributed by atoms with Gasteiger partial charge in [0, 0.05) is 22.0 Å². The summed E-state index contributed by atoms with van der Waals surface area (Å²) >= 11 is 7.16. The highest BCUT2D eigenvalue weighted by atomic mass is 35.5. The molecule has 0 bridgehead atoms. The van der Waals surface area contributed by atoms with E-state index in [0.29, 0.717) is 40.5 Å². The maximum atomic E-state index is 12.3. The topological polar surface area (TPSA) is 106 Å². The minimum atomic E-state index is -0.559. The number of nitrogens with zero attached hydrogens (tertiary/aromatic N) is 1. The van der Waals surface area contributed by atoms with Gasteiger partial charge in [0.1, 0.15) is 12.1 Å². The van der Waals surface area contributed by atoms with Crippen molar-refractivity contribution in [2.75, 3.05) is 17.7 Å². The number of primary amides is 1. The van der Waals surface area contributed by atoms with Crippen LogP contribution in [0, 0.1) is 0 Å². The summed E-state index contributed by atoms with van der Waals surface area (Å²) < 4.78 is 0. The zero-order chi connectivity index (χ0) is 18.7. The summed E-state index contributed by atoms with van der Waals surface area (Å²) in [5.41, 5.74) is 8.27. The largest absolute Gasteiger partial charge is 0.399 e. The summed E-state index contributed by atoms with van der Waals surface area (Å²) in [6, 6.07) is 6.26. The summed E-state index contributed by atoms with van der Waals surface area (Å²) in [7, 11) is 1.50. The average Bonchev–Trinajstić information content (AvgIpc) is 2.94. The molecular formula is C17H17ClN4O3S. The number of amides is 3. The second kappa shape index (κ2) is 7.76. The van der Waals surface area contributed by atoms with Crippen LogP contribution in [-0.2, 0) is 17.7 Å². The van der Waals surface area contributed by atoms with Crippen molar-refractivity contribution in [3.63, 3.8) is 0 Å². The quantitative estimate of drug-likeness (QED) is 0.691. The van der Waals surface area contributed by atoms with E-state index in [1.807, 2.05) is 0 Å². The van der Waals surface area contributed by atoms with E-state index in [4.69, 9.17) is 22.2 Å². The number of hydrogen-bond acceptors (Lipinski definition) is 5. The number of carbonyl (C=O) groups excluding carboxylic acids is 2. The van der Waals surface area contributed by atoms with Crippen LogP contribution >= 0.6 is 22.9 Å². The van der Waals surface area contributed by atoms with E-state index in [2.05, 4.69) is 15.8 Å². The Morgan fingerprint density at radius 1 is 1.23 bits per heavy atom. The van der Waals surface area contributed by atoms with Gasteiger partial charge < -0.3 is 15.9 Å². The molecular weight excluding hydrogens is 376 g/mol. The molecule has 1 aromatic carbocycles. The minimum absolute atomic E-state index is 0.368. The van der Waals surface area contributed by atoms with Crippen molar-refractivity contribution in [2.45, 2.75) is 19.3 Å². The highest BCUT2D eigenvalue weighted by Gasteiger charge is 2.27. The van der Waals surface area contributed by atoms with Gasteiger partial charge >= 0.3 is 6.03 Å². The maximum absolute atomic E-state index is 12.3. The Kier molecular flexibility index (Phi) is 5.43. The zero-order valence-electron chi connectivity index (χ0n) is 14.0. The van der Waals surface area contributed by atoms with Gasteiger partial charge in [0.2, 0.25) is 0 Å². The lowest BCUT2D eigenvalue weighted by molar-refractivity contribution is 0.100. The lowest BCUT2D eigenvalue weighted by Crippen LogP contribution is -2.22. The molecule has 0 atom stereocenters. The van der Waals surface area contributed by atoms with Crippen LogP contribution in [-0.4, -0.2) is 24.8 Å². The number of thiophene rings is 1. The smallest absolute Gasteiger partial charge is 0.324 e. The van der Waals surface area contributed by atoms with Gasteiger partial charge in [-0.2, -0.15) is 0 Å². The summed E-state index contributed by atoms with van der Waals surface area (Å²) in [5, 5.41) is 10.4. The summed E-state index contributed by atoms with van der Waals surface area (Å²) in [4.78, 5) is 30.0. The van der Waals surface area contributed by atoms with Gasteiger partial charge in [0.15, 0.2) is 0 Å². The normalized spacial score (nSPS) is 14.6. The average molecular weight is 393 g/mol. The number of benzene rings is 1. The molecule has 0 radical (unpaired) electrons. The molecule has 9 heteroatoms. The number of fused-ring (bicyclic) bond motifs is 1. The van der Waals surface area contributed by atoms with Gasteiger partial charge in [-0.3, -0.25) is 10.1 Å². The summed E-state index contributed by atoms with van der Waals surface area (Å²) in [6.45, 7) is 0. The Labute approximate surface area is 159 Å². The summed E-state index contributed by atoms with van der Waals surface area (Å²) in [5.74, 6) is -0.559. The first-order chi connectivity index (χ1) is 12.5. The number of nitrogens with one attached hydrogen (secondary N) is 2. The van der Waals surface area contributed by atoms with Crippen molar-refractivity contribution < 1.29 is 14.4 Å². The molecule has 3 rings (SSSR count). The predicted octanol–water partition coefficient (Wildman–Crippen LogP) is 3.64. The highest BCUT2D eigenvalue weighted by molar-refractivity contribution is 7.17. The number of urea groups is 1. The van der Waals surface area contributed by atoms with Crippen molar-refractivity contribution >= 4 is 51.3 Å². The number of oxime groups is 1. The molecule has 3 amide bonds. The molecule has 0 fully saturated rings. The molecule has 1 heterocycles. The molecule has 26 heavy (non-hydrogen) atoms. The molecule has 0 aliphatic heterocycles. The SMILES string of the molecule is CO/N=C1\CCc2c(sc(NC(=O)Nc3ccc(Cl)cc3)c2C(N)=O)C1. The van der Waals surface area contributed by atoms with Crippen LogP contribution in [0.5, 0.6) is 0 Å². The van der Waals surface area contributed by atoms with Gasteiger partial charge in [-0.1, -0.05) is 16.8 Å².